The molecule has 6 heteroatoms. The number of hydrogen-bond donors (Lipinski definition) is 1. The molecule has 1 aliphatic carbocycles. The van der Waals surface area contributed by atoms with E-state index in [1.165, 1.54) is 18.4 Å². The van der Waals surface area contributed by atoms with Crippen molar-refractivity contribution in [3.63, 3.8) is 0 Å². The number of hydrogen-bond acceptors (Lipinski definition) is 4. The molecule has 0 unspecified atom stereocenters. The lowest BCUT2D eigenvalue weighted by Crippen LogP contribution is -2.02. The number of rotatable bonds is 4. The molecule has 1 aromatic carbocycles. The molecule has 1 aliphatic rings. The third-order valence-corrected chi connectivity index (χ3v) is 4.68. The smallest absolute Gasteiger partial charge is 0.222 e. The lowest BCUT2D eigenvalue weighted by Gasteiger charge is -2.06. The van der Waals surface area contributed by atoms with Crippen LogP contribution in [0.3, 0.4) is 0 Å². The molecule has 0 bridgehead atoms. The number of nitrogen functional groups attached to an aromatic ring is 1. The van der Waals surface area contributed by atoms with Crippen molar-refractivity contribution < 1.29 is 0 Å². The molecule has 1 saturated carbocycles. The highest BCUT2D eigenvalue weighted by Gasteiger charge is 2.28. The van der Waals surface area contributed by atoms with Crippen molar-refractivity contribution in [1.29, 1.82) is 0 Å². The molecule has 0 aliphatic heterocycles. The van der Waals surface area contributed by atoms with Gasteiger partial charge in [0, 0.05) is 16.3 Å². The topological polar surface area (TPSA) is 56.7 Å². The Morgan fingerprint density at radius 2 is 2.11 bits per heavy atom. The molecule has 2 aromatic rings. The molecule has 1 heterocycles. The van der Waals surface area contributed by atoms with Gasteiger partial charge in [0.1, 0.15) is 0 Å². The summed E-state index contributed by atoms with van der Waals surface area (Å²) in [7, 11) is 0. The Morgan fingerprint density at radius 1 is 1.33 bits per heavy atom. The third kappa shape index (κ3) is 2.40. The molecule has 0 amide bonds. The fourth-order valence-electron chi connectivity index (χ4n) is 1.82. The predicted molar refractivity (Wildman–Crippen MR) is 76.4 cm³/mol. The Bertz CT molecular complexity index is 565. The Labute approximate surface area is 118 Å². The van der Waals surface area contributed by atoms with Gasteiger partial charge in [0.2, 0.25) is 5.95 Å². The molecule has 0 saturated heterocycles. The van der Waals surface area contributed by atoms with Crippen molar-refractivity contribution >= 4 is 33.6 Å². The third-order valence-electron chi connectivity index (χ3n) is 2.92. The second kappa shape index (κ2) is 4.93. The van der Waals surface area contributed by atoms with E-state index in [1.807, 2.05) is 12.1 Å². The van der Waals surface area contributed by atoms with Crippen LogP contribution in [0.5, 0.6) is 0 Å². The summed E-state index contributed by atoms with van der Waals surface area (Å²) in [6, 6.07) is 8.74. The molecule has 1 aromatic heterocycles. The molecule has 4 nitrogen and oxygen atoms in total. The Balaban J connectivity index is 1.76. The number of nitrogens with zero attached hydrogens (tertiary/aromatic N) is 3. The second-order valence-corrected chi connectivity index (χ2v) is 6.12. The van der Waals surface area contributed by atoms with E-state index in [-0.39, 0.29) is 0 Å². The van der Waals surface area contributed by atoms with Gasteiger partial charge in [-0.05, 0) is 24.5 Å². The van der Waals surface area contributed by atoms with Gasteiger partial charge < -0.3 is 5.73 Å². The SMILES string of the molecule is Nc1nnc(SCc2ccccc2Br)n1C1CC1. The van der Waals surface area contributed by atoms with Crippen LogP contribution in [0.1, 0.15) is 24.4 Å². The highest BCUT2D eigenvalue weighted by Crippen LogP contribution is 2.40. The van der Waals surface area contributed by atoms with Crippen molar-refractivity contribution in [2.75, 3.05) is 5.73 Å². The van der Waals surface area contributed by atoms with E-state index in [1.54, 1.807) is 11.8 Å². The van der Waals surface area contributed by atoms with Crippen molar-refractivity contribution in [2.24, 2.45) is 0 Å². The number of aromatic nitrogens is 3. The van der Waals surface area contributed by atoms with Gasteiger partial charge in [0.15, 0.2) is 5.16 Å². The van der Waals surface area contributed by atoms with Crippen molar-refractivity contribution in [2.45, 2.75) is 29.8 Å². The van der Waals surface area contributed by atoms with Crippen LogP contribution in [-0.4, -0.2) is 14.8 Å². The molecule has 3 rings (SSSR count). The minimum atomic E-state index is 0.515. The molecule has 0 atom stereocenters. The van der Waals surface area contributed by atoms with Gasteiger partial charge >= 0.3 is 0 Å². The average molecular weight is 325 g/mol. The zero-order valence-corrected chi connectivity index (χ0v) is 12.1. The fourth-order valence-corrected chi connectivity index (χ4v) is 3.45. The first-order valence-electron chi connectivity index (χ1n) is 5.82. The summed E-state index contributed by atoms with van der Waals surface area (Å²) in [6.07, 6.45) is 2.37. The summed E-state index contributed by atoms with van der Waals surface area (Å²) < 4.78 is 3.18. The zero-order valence-electron chi connectivity index (χ0n) is 9.71. The number of halogens is 1. The van der Waals surface area contributed by atoms with Crippen LogP contribution < -0.4 is 5.73 Å². The highest BCUT2D eigenvalue weighted by atomic mass is 79.9. The van der Waals surface area contributed by atoms with Crippen LogP contribution >= 0.6 is 27.7 Å². The van der Waals surface area contributed by atoms with Gasteiger partial charge in [0.25, 0.3) is 0 Å². The number of nitrogens with two attached hydrogens (primary N) is 1. The van der Waals surface area contributed by atoms with Gasteiger partial charge in [-0.25, -0.2) is 0 Å². The van der Waals surface area contributed by atoms with Crippen LogP contribution in [0.25, 0.3) is 0 Å². The van der Waals surface area contributed by atoms with Crippen LogP contribution in [0.4, 0.5) is 5.95 Å². The zero-order chi connectivity index (χ0) is 12.5. The lowest BCUT2D eigenvalue weighted by atomic mass is 10.2. The van der Waals surface area contributed by atoms with E-state index in [0.717, 1.165) is 15.4 Å². The van der Waals surface area contributed by atoms with Crippen LogP contribution in [-0.2, 0) is 5.75 Å². The summed E-state index contributed by atoms with van der Waals surface area (Å²) in [4.78, 5) is 0. The summed E-state index contributed by atoms with van der Waals surface area (Å²) in [5, 5.41) is 9.05. The van der Waals surface area contributed by atoms with E-state index in [0.29, 0.717) is 12.0 Å². The number of anilines is 1. The lowest BCUT2D eigenvalue weighted by molar-refractivity contribution is 0.671. The summed E-state index contributed by atoms with van der Waals surface area (Å²) in [6.45, 7) is 0. The number of thioether (sulfide) groups is 1. The summed E-state index contributed by atoms with van der Waals surface area (Å²) in [5.74, 6) is 1.40. The van der Waals surface area contributed by atoms with Crippen molar-refractivity contribution in [3.8, 4) is 0 Å². The van der Waals surface area contributed by atoms with Gasteiger partial charge in [-0.1, -0.05) is 45.9 Å². The van der Waals surface area contributed by atoms with E-state index >= 15 is 0 Å². The average Bonchev–Trinajstić information content (AvgIpc) is 3.13. The molecule has 1 fully saturated rings. The summed E-state index contributed by atoms with van der Waals surface area (Å²) >= 11 is 5.24. The first-order chi connectivity index (χ1) is 8.75. The first kappa shape index (κ1) is 12.0. The second-order valence-electron chi connectivity index (χ2n) is 4.32. The monoisotopic (exact) mass is 324 g/mol. The molecule has 18 heavy (non-hydrogen) atoms. The quantitative estimate of drug-likeness (QED) is 0.877. The van der Waals surface area contributed by atoms with Crippen LogP contribution in [0.2, 0.25) is 0 Å². The van der Waals surface area contributed by atoms with Gasteiger partial charge in [-0.15, -0.1) is 10.2 Å². The van der Waals surface area contributed by atoms with Gasteiger partial charge in [-0.3, -0.25) is 4.57 Å². The van der Waals surface area contributed by atoms with Gasteiger partial charge in [0.05, 0.1) is 0 Å². The van der Waals surface area contributed by atoms with E-state index in [4.69, 9.17) is 5.73 Å². The first-order valence-corrected chi connectivity index (χ1v) is 7.60. The van der Waals surface area contributed by atoms with E-state index < -0.39 is 0 Å². The molecule has 94 valence electrons. The van der Waals surface area contributed by atoms with Crippen molar-refractivity contribution in [1.82, 2.24) is 14.8 Å². The van der Waals surface area contributed by atoms with Crippen molar-refractivity contribution in [3.05, 3.63) is 34.3 Å². The maximum Gasteiger partial charge on any atom is 0.222 e. The molecule has 0 radical (unpaired) electrons. The molecular formula is C12H13BrN4S. The Hall–Kier alpha value is -1.01. The standard InChI is InChI=1S/C12H13BrN4S/c13-10-4-2-1-3-8(10)7-18-12-16-15-11(14)17(12)9-5-6-9/h1-4,9H,5-7H2,(H2,14,15). The molecular weight excluding hydrogens is 312 g/mol. The van der Waals surface area contributed by atoms with Gasteiger partial charge in [-0.2, -0.15) is 0 Å². The molecule has 2 N–H and O–H groups in total. The Morgan fingerprint density at radius 3 is 2.83 bits per heavy atom. The maximum absolute atomic E-state index is 5.85. The fraction of sp³-hybridized carbons (Fsp3) is 0.333. The predicted octanol–water partition coefficient (Wildman–Crippen LogP) is 3.25. The van der Waals surface area contributed by atoms with Crippen LogP contribution in [0, 0.1) is 0 Å². The Kier molecular flexibility index (Phi) is 3.30. The molecule has 0 spiro atoms. The number of benzene rings is 1. The van der Waals surface area contributed by atoms with Crippen LogP contribution in [0.15, 0.2) is 33.9 Å². The minimum absolute atomic E-state index is 0.515. The minimum Gasteiger partial charge on any atom is -0.368 e. The highest BCUT2D eigenvalue weighted by molar-refractivity contribution is 9.10. The summed E-state index contributed by atoms with van der Waals surface area (Å²) in [5.41, 5.74) is 7.10. The van der Waals surface area contributed by atoms with E-state index in [9.17, 15) is 0 Å². The largest absolute Gasteiger partial charge is 0.368 e. The normalized spacial score (nSPS) is 14.9. The maximum atomic E-state index is 5.85. The van der Waals surface area contributed by atoms with E-state index in [2.05, 4.69) is 42.8 Å².